The van der Waals surface area contributed by atoms with Gasteiger partial charge in [0.1, 0.15) is 11.9 Å². The molecule has 2 rings (SSSR count). The molecule has 0 saturated heterocycles. The van der Waals surface area contributed by atoms with Gasteiger partial charge in [-0.05, 0) is 34.5 Å². The van der Waals surface area contributed by atoms with Gasteiger partial charge < -0.3 is 14.9 Å². The molecule has 4 heteroatoms. The lowest BCUT2D eigenvalue weighted by molar-refractivity contribution is 0.0376. The van der Waals surface area contributed by atoms with E-state index in [1.54, 1.807) is 6.26 Å². The topological polar surface area (TPSA) is 48.4 Å². The Kier molecular flexibility index (Phi) is 4.58. The average molecular weight is 310 g/mol. The second-order valence-electron chi connectivity index (χ2n) is 3.95. The van der Waals surface area contributed by atoms with Gasteiger partial charge in [-0.15, -0.1) is 0 Å². The normalized spacial score (nSPS) is 14.4. The summed E-state index contributed by atoms with van der Waals surface area (Å²) in [6, 6.07) is 11.4. The molecule has 3 nitrogen and oxygen atoms in total. The van der Waals surface area contributed by atoms with Crippen molar-refractivity contribution in [1.29, 1.82) is 0 Å². The Labute approximate surface area is 115 Å². The number of rotatable bonds is 5. The summed E-state index contributed by atoms with van der Waals surface area (Å²) in [5, 5.41) is 0. The summed E-state index contributed by atoms with van der Waals surface area (Å²) in [7, 11) is 0. The van der Waals surface area contributed by atoms with Crippen molar-refractivity contribution in [3.8, 4) is 0 Å². The molecule has 2 unspecified atom stereocenters. The molecule has 0 spiro atoms. The highest BCUT2D eigenvalue weighted by Gasteiger charge is 2.25. The summed E-state index contributed by atoms with van der Waals surface area (Å²) < 4.78 is 12.1. The minimum atomic E-state index is -0.336. The zero-order chi connectivity index (χ0) is 13.0. The van der Waals surface area contributed by atoms with Crippen LogP contribution in [0.1, 0.15) is 30.4 Å². The van der Waals surface area contributed by atoms with Crippen LogP contribution in [0.25, 0.3) is 0 Å². The lowest BCUT2D eigenvalue weighted by Crippen LogP contribution is -2.22. The molecule has 1 heterocycles. The number of hydrogen-bond acceptors (Lipinski definition) is 3. The molecule has 0 aliphatic carbocycles. The van der Waals surface area contributed by atoms with E-state index < -0.39 is 0 Å². The molecule has 2 atom stereocenters. The fourth-order valence-corrected chi connectivity index (χ4v) is 2.38. The van der Waals surface area contributed by atoms with E-state index in [4.69, 9.17) is 14.9 Å². The molecule has 0 bridgehead atoms. The summed E-state index contributed by atoms with van der Waals surface area (Å²) in [5.74, 6) is 0.706. The third kappa shape index (κ3) is 2.83. The van der Waals surface area contributed by atoms with Crippen LogP contribution in [0, 0.1) is 0 Å². The highest BCUT2D eigenvalue weighted by atomic mass is 79.9. The number of furan rings is 1. The number of benzene rings is 1. The van der Waals surface area contributed by atoms with E-state index in [1.807, 2.05) is 43.3 Å². The summed E-state index contributed by atoms with van der Waals surface area (Å²) in [6.45, 7) is 2.56. The lowest BCUT2D eigenvalue weighted by Gasteiger charge is -2.23. The van der Waals surface area contributed by atoms with Crippen LogP contribution in [0.2, 0.25) is 0 Å². The fraction of sp³-hybridized carbons (Fsp3) is 0.286. The molecule has 0 radical (unpaired) electrons. The molecule has 1 aromatic heterocycles. The molecule has 2 aromatic rings. The van der Waals surface area contributed by atoms with Crippen LogP contribution in [-0.4, -0.2) is 6.61 Å². The maximum atomic E-state index is 6.25. The smallest absolute Gasteiger partial charge is 0.137 e. The molecule has 0 aliphatic heterocycles. The molecule has 0 saturated carbocycles. The van der Waals surface area contributed by atoms with Crippen molar-refractivity contribution < 1.29 is 9.15 Å². The maximum Gasteiger partial charge on any atom is 0.137 e. The van der Waals surface area contributed by atoms with E-state index in [1.165, 1.54) is 0 Å². The van der Waals surface area contributed by atoms with Crippen molar-refractivity contribution in [2.75, 3.05) is 6.61 Å². The first kappa shape index (κ1) is 13.3. The Balaban J connectivity index is 2.28. The third-order valence-electron chi connectivity index (χ3n) is 2.75. The van der Waals surface area contributed by atoms with Gasteiger partial charge in [-0.3, -0.25) is 0 Å². The molecule has 0 fully saturated rings. The third-order valence-corrected chi connectivity index (χ3v) is 3.40. The van der Waals surface area contributed by atoms with Gasteiger partial charge in [0.25, 0.3) is 0 Å². The predicted molar refractivity (Wildman–Crippen MR) is 74.1 cm³/mol. The van der Waals surface area contributed by atoms with Crippen LogP contribution in [0.15, 0.2) is 51.6 Å². The van der Waals surface area contributed by atoms with Gasteiger partial charge >= 0.3 is 0 Å². The fourth-order valence-electron chi connectivity index (χ4n) is 1.91. The molecule has 96 valence electrons. The predicted octanol–water partition coefficient (Wildman–Crippen LogP) is 3.82. The van der Waals surface area contributed by atoms with Crippen LogP contribution < -0.4 is 5.73 Å². The molecule has 0 aliphatic rings. The number of nitrogens with two attached hydrogens (primary N) is 1. The Morgan fingerprint density at radius 3 is 2.56 bits per heavy atom. The van der Waals surface area contributed by atoms with Crippen LogP contribution in [0.5, 0.6) is 0 Å². The minimum Gasteiger partial charge on any atom is -0.466 e. The van der Waals surface area contributed by atoms with Crippen LogP contribution in [0.4, 0.5) is 0 Å². The highest BCUT2D eigenvalue weighted by Crippen LogP contribution is 2.34. The van der Waals surface area contributed by atoms with Crippen molar-refractivity contribution in [3.63, 3.8) is 0 Å². The molecule has 2 N–H and O–H groups in total. The van der Waals surface area contributed by atoms with Gasteiger partial charge in [-0.2, -0.15) is 0 Å². The Bertz CT molecular complexity index is 484. The maximum absolute atomic E-state index is 6.25. The Morgan fingerprint density at radius 2 is 2.00 bits per heavy atom. The summed E-state index contributed by atoms with van der Waals surface area (Å²) >= 11 is 3.43. The van der Waals surface area contributed by atoms with E-state index >= 15 is 0 Å². The first-order chi connectivity index (χ1) is 8.74. The minimum absolute atomic E-state index is 0.210. The number of halogens is 1. The molecule has 18 heavy (non-hydrogen) atoms. The van der Waals surface area contributed by atoms with Crippen molar-refractivity contribution >= 4 is 15.9 Å². The zero-order valence-corrected chi connectivity index (χ0v) is 11.8. The van der Waals surface area contributed by atoms with Gasteiger partial charge in [-0.25, -0.2) is 0 Å². The van der Waals surface area contributed by atoms with Crippen molar-refractivity contribution in [2.45, 2.75) is 19.1 Å². The molecular formula is C14H16BrNO2. The zero-order valence-electron chi connectivity index (χ0n) is 10.2. The van der Waals surface area contributed by atoms with Crippen molar-refractivity contribution in [3.05, 3.63) is 58.5 Å². The van der Waals surface area contributed by atoms with Gasteiger partial charge in [-0.1, -0.05) is 30.3 Å². The second kappa shape index (κ2) is 6.18. The van der Waals surface area contributed by atoms with Crippen molar-refractivity contribution in [1.82, 2.24) is 0 Å². The summed E-state index contributed by atoms with van der Waals surface area (Å²) in [5.41, 5.74) is 7.30. The summed E-state index contributed by atoms with van der Waals surface area (Å²) in [4.78, 5) is 0. The SMILES string of the molecule is CCOC(c1ccccc1)C(N)c1occc1Br. The van der Waals surface area contributed by atoms with E-state index in [0.717, 1.165) is 10.0 Å². The lowest BCUT2D eigenvalue weighted by atomic mass is 10.0. The Hall–Kier alpha value is -1.10. The highest BCUT2D eigenvalue weighted by molar-refractivity contribution is 9.10. The largest absolute Gasteiger partial charge is 0.466 e. The molecule has 0 amide bonds. The van der Waals surface area contributed by atoms with E-state index in [0.29, 0.717) is 12.4 Å². The number of ether oxygens (including phenoxy) is 1. The van der Waals surface area contributed by atoms with Gasteiger partial charge in [0.05, 0.1) is 16.8 Å². The van der Waals surface area contributed by atoms with Crippen molar-refractivity contribution in [2.24, 2.45) is 5.73 Å². The quantitative estimate of drug-likeness (QED) is 0.913. The first-order valence-electron chi connectivity index (χ1n) is 5.89. The summed E-state index contributed by atoms with van der Waals surface area (Å²) in [6.07, 6.45) is 1.41. The monoisotopic (exact) mass is 309 g/mol. The van der Waals surface area contributed by atoms with E-state index in [9.17, 15) is 0 Å². The van der Waals surface area contributed by atoms with Gasteiger partial charge in [0, 0.05) is 6.61 Å². The number of hydrogen-bond donors (Lipinski definition) is 1. The standard InChI is InChI=1S/C14H16BrNO2/c1-2-17-13(10-6-4-3-5-7-10)12(16)14-11(15)8-9-18-14/h3-9,12-13H,2,16H2,1H3. The van der Waals surface area contributed by atoms with Crippen LogP contribution in [0.3, 0.4) is 0 Å². The van der Waals surface area contributed by atoms with Crippen LogP contribution >= 0.6 is 15.9 Å². The first-order valence-corrected chi connectivity index (χ1v) is 6.68. The van der Waals surface area contributed by atoms with Crippen LogP contribution in [-0.2, 0) is 4.74 Å². The van der Waals surface area contributed by atoms with E-state index in [2.05, 4.69) is 15.9 Å². The molecular weight excluding hydrogens is 294 g/mol. The van der Waals surface area contributed by atoms with E-state index in [-0.39, 0.29) is 12.1 Å². The van der Waals surface area contributed by atoms with Gasteiger partial charge in [0.2, 0.25) is 0 Å². The Morgan fingerprint density at radius 1 is 1.28 bits per heavy atom. The second-order valence-corrected chi connectivity index (χ2v) is 4.80. The van der Waals surface area contributed by atoms with Gasteiger partial charge in [0.15, 0.2) is 0 Å². The molecule has 1 aromatic carbocycles. The average Bonchev–Trinajstić information content (AvgIpc) is 2.82.